The Morgan fingerprint density at radius 2 is 1.90 bits per heavy atom. The number of rotatable bonds is 6. The molecule has 1 aliphatic carbocycles. The van der Waals surface area contributed by atoms with Crippen LogP contribution in [-0.2, 0) is 9.53 Å². The van der Waals surface area contributed by atoms with Crippen molar-refractivity contribution in [2.75, 3.05) is 26.8 Å². The molecule has 2 unspecified atom stereocenters. The van der Waals surface area contributed by atoms with E-state index in [4.69, 9.17) is 4.74 Å². The SMILES string of the molecule is CCCNC1COCC1C(=O)N(C)C1CCC(CC)CC1. The van der Waals surface area contributed by atoms with E-state index in [9.17, 15) is 4.79 Å². The highest BCUT2D eigenvalue weighted by atomic mass is 16.5. The minimum absolute atomic E-state index is 0.00505. The number of ether oxygens (including phenoxy) is 1. The molecule has 1 amide bonds. The van der Waals surface area contributed by atoms with E-state index in [-0.39, 0.29) is 17.9 Å². The summed E-state index contributed by atoms with van der Waals surface area (Å²) in [6.07, 6.45) is 7.26. The Labute approximate surface area is 129 Å². The van der Waals surface area contributed by atoms with Crippen molar-refractivity contribution < 1.29 is 9.53 Å². The van der Waals surface area contributed by atoms with E-state index < -0.39 is 0 Å². The van der Waals surface area contributed by atoms with Crippen LogP contribution in [0, 0.1) is 11.8 Å². The van der Waals surface area contributed by atoms with Crippen LogP contribution < -0.4 is 5.32 Å². The van der Waals surface area contributed by atoms with Crippen molar-refractivity contribution in [1.29, 1.82) is 0 Å². The maximum absolute atomic E-state index is 12.8. The average Bonchev–Trinajstić information content (AvgIpc) is 3.00. The molecule has 1 N–H and O–H groups in total. The summed E-state index contributed by atoms with van der Waals surface area (Å²) in [5.41, 5.74) is 0. The van der Waals surface area contributed by atoms with Crippen LogP contribution >= 0.6 is 0 Å². The molecule has 0 radical (unpaired) electrons. The molecule has 1 aliphatic heterocycles. The van der Waals surface area contributed by atoms with Crippen molar-refractivity contribution in [3.05, 3.63) is 0 Å². The molecule has 4 heteroatoms. The quantitative estimate of drug-likeness (QED) is 0.818. The maximum Gasteiger partial charge on any atom is 0.229 e. The zero-order chi connectivity index (χ0) is 15.2. The third-order valence-electron chi connectivity index (χ3n) is 5.34. The zero-order valence-corrected chi connectivity index (χ0v) is 13.9. The standard InChI is InChI=1S/C17H32N2O2/c1-4-10-18-16-12-21-11-15(16)17(20)19(3)14-8-6-13(5-2)7-9-14/h13-16,18H,4-12H2,1-3H3. The molecule has 2 fully saturated rings. The van der Waals surface area contributed by atoms with E-state index in [1.807, 2.05) is 11.9 Å². The normalized spacial score (nSPS) is 33.1. The van der Waals surface area contributed by atoms with E-state index in [1.165, 1.54) is 32.1 Å². The second kappa shape index (κ2) is 8.14. The van der Waals surface area contributed by atoms with Crippen LogP contribution in [0.3, 0.4) is 0 Å². The highest BCUT2D eigenvalue weighted by molar-refractivity contribution is 5.80. The summed E-state index contributed by atoms with van der Waals surface area (Å²) in [5.74, 6) is 1.16. The van der Waals surface area contributed by atoms with Gasteiger partial charge in [0.1, 0.15) is 0 Å². The van der Waals surface area contributed by atoms with E-state index in [0.29, 0.717) is 19.3 Å². The van der Waals surface area contributed by atoms with Crippen LogP contribution in [0.25, 0.3) is 0 Å². The third-order valence-corrected chi connectivity index (χ3v) is 5.34. The van der Waals surface area contributed by atoms with Crippen molar-refractivity contribution in [3.63, 3.8) is 0 Å². The molecular weight excluding hydrogens is 264 g/mol. The second-order valence-electron chi connectivity index (χ2n) is 6.74. The molecule has 0 aromatic rings. The Morgan fingerprint density at radius 3 is 2.52 bits per heavy atom. The van der Waals surface area contributed by atoms with Gasteiger partial charge in [0.05, 0.1) is 19.1 Å². The lowest BCUT2D eigenvalue weighted by molar-refractivity contribution is -0.137. The lowest BCUT2D eigenvalue weighted by atomic mass is 9.83. The van der Waals surface area contributed by atoms with Crippen molar-refractivity contribution in [2.24, 2.45) is 11.8 Å². The molecule has 2 atom stereocenters. The van der Waals surface area contributed by atoms with Crippen LogP contribution in [0.2, 0.25) is 0 Å². The van der Waals surface area contributed by atoms with Gasteiger partial charge in [-0.25, -0.2) is 0 Å². The predicted molar refractivity (Wildman–Crippen MR) is 85.2 cm³/mol. The summed E-state index contributed by atoms with van der Waals surface area (Å²) in [6.45, 7) is 6.64. The van der Waals surface area contributed by atoms with Crippen LogP contribution in [0.1, 0.15) is 52.4 Å². The Morgan fingerprint density at radius 1 is 1.19 bits per heavy atom. The zero-order valence-electron chi connectivity index (χ0n) is 13.9. The fourth-order valence-electron chi connectivity index (χ4n) is 3.71. The van der Waals surface area contributed by atoms with Crippen molar-refractivity contribution in [3.8, 4) is 0 Å². The lowest BCUT2D eigenvalue weighted by Gasteiger charge is -2.36. The summed E-state index contributed by atoms with van der Waals surface area (Å²) in [7, 11) is 1.99. The molecule has 4 nitrogen and oxygen atoms in total. The van der Waals surface area contributed by atoms with Gasteiger partial charge >= 0.3 is 0 Å². The van der Waals surface area contributed by atoms with Gasteiger partial charge in [0.2, 0.25) is 5.91 Å². The molecular formula is C17H32N2O2. The summed E-state index contributed by atoms with van der Waals surface area (Å²) >= 11 is 0. The third kappa shape index (κ3) is 4.19. The molecule has 122 valence electrons. The first-order valence-corrected chi connectivity index (χ1v) is 8.75. The second-order valence-corrected chi connectivity index (χ2v) is 6.74. The van der Waals surface area contributed by atoms with Crippen molar-refractivity contribution >= 4 is 5.91 Å². The summed E-state index contributed by atoms with van der Waals surface area (Å²) in [6, 6.07) is 0.639. The first-order valence-electron chi connectivity index (χ1n) is 8.75. The van der Waals surface area contributed by atoms with Crippen molar-refractivity contribution in [1.82, 2.24) is 10.2 Å². The Balaban J connectivity index is 1.86. The number of hydrogen-bond acceptors (Lipinski definition) is 3. The fraction of sp³-hybridized carbons (Fsp3) is 0.941. The molecule has 0 spiro atoms. The van der Waals surface area contributed by atoms with Crippen molar-refractivity contribution in [2.45, 2.75) is 64.5 Å². The largest absolute Gasteiger partial charge is 0.379 e. The number of hydrogen-bond donors (Lipinski definition) is 1. The topological polar surface area (TPSA) is 41.6 Å². The van der Waals surface area contributed by atoms with Gasteiger partial charge in [0.25, 0.3) is 0 Å². The summed E-state index contributed by atoms with van der Waals surface area (Å²) in [4.78, 5) is 14.8. The first kappa shape index (κ1) is 16.8. The smallest absolute Gasteiger partial charge is 0.229 e. The lowest BCUT2D eigenvalue weighted by Crippen LogP contribution is -2.48. The van der Waals surface area contributed by atoms with Gasteiger partial charge in [-0.2, -0.15) is 0 Å². The minimum Gasteiger partial charge on any atom is -0.379 e. The Hall–Kier alpha value is -0.610. The van der Waals surface area contributed by atoms with E-state index in [1.54, 1.807) is 0 Å². The van der Waals surface area contributed by atoms with Gasteiger partial charge in [-0.1, -0.05) is 20.3 Å². The first-order chi connectivity index (χ1) is 10.2. The molecule has 2 rings (SSSR count). The van der Waals surface area contributed by atoms with Crippen LogP contribution in [-0.4, -0.2) is 49.7 Å². The van der Waals surface area contributed by atoms with Gasteiger partial charge in [0.15, 0.2) is 0 Å². The number of amides is 1. The molecule has 21 heavy (non-hydrogen) atoms. The fourth-order valence-corrected chi connectivity index (χ4v) is 3.71. The number of carbonyl (C=O) groups is 1. The predicted octanol–water partition coefficient (Wildman–Crippen LogP) is 2.43. The van der Waals surface area contributed by atoms with Crippen LogP contribution in [0.15, 0.2) is 0 Å². The molecule has 1 saturated heterocycles. The highest BCUT2D eigenvalue weighted by Gasteiger charge is 2.37. The maximum atomic E-state index is 12.8. The molecule has 1 heterocycles. The van der Waals surface area contributed by atoms with Gasteiger partial charge in [0, 0.05) is 19.1 Å². The van der Waals surface area contributed by atoms with E-state index in [0.717, 1.165) is 18.9 Å². The molecule has 1 saturated carbocycles. The number of nitrogens with zero attached hydrogens (tertiary/aromatic N) is 1. The Bertz CT molecular complexity index is 327. The molecule has 2 aliphatic rings. The van der Waals surface area contributed by atoms with Gasteiger partial charge in [-0.3, -0.25) is 4.79 Å². The summed E-state index contributed by atoms with van der Waals surface area (Å²) < 4.78 is 5.55. The molecule has 0 aromatic heterocycles. The van der Waals surface area contributed by atoms with Crippen LogP contribution in [0.5, 0.6) is 0 Å². The van der Waals surface area contributed by atoms with E-state index in [2.05, 4.69) is 19.2 Å². The number of nitrogens with one attached hydrogen (secondary N) is 1. The molecule has 0 aromatic carbocycles. The minimum atomic E-state index is 0.00505. The molecule has 0 bridgehead atoms. The van der Waals surface area contributed by atoms with E-state index >= 15 is 0 Å². The Kier molecular flexibility index (Phi) is 6.49. The van der Waals surface area contributed by atoms with Crippen LogP contribution in [0.4, 0.5) is 0 Å². The monoisotopic (exact) mass is 296 g/mol. The number of carbonyl (C=O) groups excluding carboxylic acids is 1. The summed E-state index contributed by atoms with van der Waals surface area (Å²) in [5, 5.41) is 3.46. The average molecular weight is 296 g/mol. The highest BCUT2D eigenvalue weighted by Crippen LogP contribution is 2.30. The van der Waals surface area contributed by atoms with Gasteiger partial charge < -0.3 is 15.0 Å². The van der Waals surface area contributed by atoms with Gasteiger partial charge in [-0.05, 0) is 44.6 Å². The van der Waals surface area contributed by atoms with Gasteiger partial charge in [-0.15, -0.1) is 0 Å².